The Morgan fingerprint density at radius 3 is 2.59 bits per heavy atom. The monoisotopic (exact) mass is 358 g/mol. The lowest BCUT2D eigenvalue weighted by Crippen LogP contribution is -2.27. The third-order valence-corrected chi connectivity index (χ3v) is 5.08. The van der Waals surface area contributed by atoms with Gasteiger partial charge in [-0.25, -0.2) is 4.98 Å². The van der Waals surface area contributed by atoms with Crippen molar-refractivity contribution in [2.75, 3.05) is 7.11 Å². The van der Waals surface area contributed by atoms with Gasteiger partial charge < -0.3 is 14.6 Å². The van der Waals surface area contributed by atoms with Gasteiger partial charge in [-0.2, -0.15) is 0 Å². The molecule has 1 aliphatic rings. The lowest BCUT2D eigenvalue weighted by molar-refractivity contribution is -0.254. The summed E-state index contributed by atoms with van der Waals surface area (Å²) in [4.78, 5) is 16.8. The second-order valence-corrected chi connectivity index (χ2v) is 7.07. The van der Waals surface area contributed by atoms with Crippen molar-refractivity contribution >= 4 is 28.5 Å². The van der Waals surface area contributed by atoms with Crippen LogP contribution in [0.1, 0.15) is 40.5 Å². The number of benzene rings is 2. The number of rotatable bonds is 3. The number of pyridine rings is 1. The number of para-hydroxylation sites is 1. The predicted octanol–water partition coefficient (Wildman–Crippen LogP) is 3.73. The summed E-state index contributed by atoms with van der Waals surface area (Å²) in [6.45, 7) is 2.14. The van der Waals surface area contributed by atoms with Crippen molar-refractivity contribution in [3.8, 4) is 5.75 Å². The van der Waals surface area contributed by atoms with Crippen LogP contribution in [0.4, 0.5) is 0 Å². The Bertz CT molecular complexity index is 1050. The van der Waals surface area contributed by atoms with E-state index < -0.39 is 5.97 Å². The molecule has 0 spiro atoms. The van der Waals surface area contributed by atoms with Crippen molar-refractivity contribution in [2.45, 2.75) is 19.8 Å². The van der Waals surface area contributed by atoms with Crippen molar-refractivity contribution in [2.24, 2.45) is 5.92 Å². The molecule has 4 nitrogen and oxygen atoms in total. The summed E-state index contributed by atoms with van der Waals surface area (Å²) in [6.07, 6.45) is 3.64. The molecule has 27 heavy (non-hydrogen) atoms. The Labute approximate surface area is 158 Å². The molecule has 0 N–H and O–H groups in total. The first kappa shape index (κ1) is 17.3. The Morgan fingerprint density at radius 1 is 1.15 bits per heavy atom. The highest BCUT2D eigenvalue weighted by atomic mass is 16.5. The van der Waals surface area contributed by atoms with E-state index >= 15 is 0 Å². The predicted molar refractivity (Wildman–Crippen MR) is 104 cm³/mol. The largest absolute Gasteiger partial charge is 0.545 e. The van der Waals surface area contributed by atoms with E-state index in [1.54, 1.807) is 13.2 Å². The number of aromatic carboxylic acids is 1. The van der Waals surface area contributed by atoms with Crippen molar-refractivity contribution in [1.82, 2.24) is 4.98 Å². The molecule has 4 heteroatoms. The minimum atomic E-state index is -1.14. The summed E-state index contributed by atoms with van der Waals surface area (Å²) in [5.41, 5.74) is 4.63. The van der Waals surface area contributed by atoms with Crippen molar-refractivity contribution in [3.63, 3.8) is 0 Å². The fourth-order valence-electron chi connectivity index (χ4n) is 3.87. The minimum absolute atomic E-state index is 0.280. The van der Waals surface area contributed by atoms with Crippen LogP contribution < -0.4 is 9.84 Å². The molecule has 0 fully saturated rings. The van der Waals surface area contributed by atoms with E-state index in [0.717, 1.165) is 34.6 Å². The molecular weight excluding hydrogens is 338 g/mol. The highest BCUT2D eigenvalue weighted by molar-refractivity contribution is 6.05. The first-order valence-corrected chi connectivity index (χ1v) is 9.04. The molecule has 136 valence electrons. The van der Waals surface area contributed by atoms with Crippen molar-refractivity contribution in [1.29, 1.82) is 0 Å². The van der Waals surface area contributed by atoms with Crippen LogP contribution in [0.3, 0.4) is 0 Å². The molecule has 0 saturated carbocycles. The van der Waals surface area contributed by atoms with Crippen LogP contribution >= 0.6 is 0 Å². The first-order valence-electron chi connectivity index (χ1n) is 9.04. The quantitative estimate of drug-likeness (QED) is 0.716. The molecule has 3 aromatic rings. The Morgan fingerprint density at radius 2 is 1.89 bits per heavy atom. The molecule has 0 saturated heterocycles. The molecule has 0 unspecified atom stereocenters. The van der Waals surface area contributed by atoms with Gasteiger partial charge in [-0.05, 0) is 59.7 Å². The molecule has 0 aliphatic heterocycles. The summed E-state index contributed by atoms with van der Waals surface area (Å²) >= 11 is 0. The van der Waals surface area contributed by atoms with Crippen LogP contribution in [-0.2, 0) is 6.42 Å². The number of carboxylic acids is 1. The maximum Gasteiger partial charge on any atom is 0.118 e. The van der Waals surface area contributed by atoms with E-state index in [9.17, 15) is 9.90 Å². The molecule has 4 rings (SSSR count). The number of ether oxygens (including phenoxy) is 1. The maximum atomic E-state index is 12.0. The van der Waals surface area contributed by atoms with Crippen LogP contribution in [0.2, 0.25) is 0 Å². The molecule has 0 amide bonds. The second kappa shape index (κ2) is 6.88. The minimum Gasteiger partial charge on any atom is -0.545 e. The van der Waals surface area contributed by atoms with Gasteiger partial charge in [0.2, 0.25) is 0 Å². The topological polar surface area (TPSA) is 62.2 Å². The summed E-state index contributed by atoms with van der Waals surface area (Å²) in [5, 5.41) is 12.6. The van der Waals surface area contributed by atoms with Gasteiger partial charge >= 0.3 is 0 Å². The van der Waals surface area contributed by atoms with Crippen LogP contribution in [0.25, 0.3) is 22.6 Å². The molecule has 1 heterocycles. The third-order valence-electron chi connectivity index (χ3n) is 5.08. The zero-order valence-electron chi connectivity index (χ0n) is 15.4. The van der Waals surface area contributed by atoms with Crippen LogP contribution in [-0.4, -0.2) is 18.1 Å². The number of hydrogen-bond acceptors (Lipinski definition) is 4. The summed E-state index contributed by atoms with van der Waals surface area (Å²) < 4.78 is 5.22. The zero-order chi connectivity index (χ0) is 19.0. The van der Waals surface area contributed by atoms with Crippen LogP contribution in [0.5, 0.6) is 5.75 Å². The number of carbonyl (C=O) groups excluding carboxylic acids is 1. The molecule has 1 aliphatic carbocycles. The van der Waals surface area contributed by atoms with Crippen molar-refractivity contribution in [3.05, 3.63) is 70.9 Å². The highest BCUT2D eigenvalue weighted by Crippen LogP contribution is 2.38. The van der Waals surface area contributed by atoms with Gasteiger partial charge in [0.25, 0.3) is 0 Å². The summed E-state index contributed by atoms with van der Waals surface area (Å²) in [6, 6.07) is 15.2. The number of methoxy groups -OCH3 is 1. The van der Waals surface area contributed by atoms with Crippen LogP contribution in [0, 0.1) is 5.92 Å². The molecule has 0 radical (unpaired) electrons. The fourth-order valence-corrected chi connectivity index (χ4v) is 3.87. The summed E-state index contributed by atoms with van der Waals surface area (Å²) in [5.74, 6) is 0.00345. The van der Waals surface area contributed by atoms with Gasteiger partial charge in [0, 0.05) is 10.9 Å². The summed E-state index contributed by atoms with van der Waals surface area (Å²) in [7, 11) is 1.64. The fraction of sp³-hybridized carbons (Fsp3) is 0.217. The van der Waals surface area contributed by atoms with Crippen molar-refractivity contribution < 1.29 is 14.6 Å². The SMILES string of the molecule is COc1ccc(/C=C2\C[C@H](C)Cc3c2nc2ccccc2c3C(=O)[O-])cc1. The van der Waals surface area contributed by atoms with E-state index in [4.69, 9.17) is 9.72 Å². The maximum absolute atomic E-state index is 12.0. The molecule has 2 aromatic carbocycles. The van der Waals surface area contributed by atoms with Gasteiger partial charge in [0.05, 0.1) is 24.3 Å². The molecule has 0 bridgehead atoms. The van der Waals surface area contributed by atoms with E-state index in [1.165, 1.54) is 0 Å². The Balaban J connectivity index is 1.93. The Kier molecular flexibility index (Phi) is 4.40. The Hall–Kier alpha value is -3.14. The van der Waals surface area contributed by atoms with E-state index in [0.29, 0.717) is 23.2 Å². The second-order valence-electron chi connectivity index (χ2n) is 7.07. The van der Waals surface area contributed by atoms with Gasteiger partial charge in [0.15, 0.2) is 0 Å². The first-order chi connectivity index (χ1) is 13.1. The number of nitrogens with zero attached hydrogens (tertiary/aromatic N) is 1. The standard InChI is InChI=1S/C23H21NO3/c1-14-11-16(13-15-7-9-17(27-2)10-8-15)22-19(12-14)21(23(25)26)18-5-3-4-6-20(18)24-22/h3-10,13-14H,11-12H2,1-2H3,(H,25,26)/p-1/b16-13+/t14-/m0/s1. The highest BCUT2D eigenvalue weighted by Gasteiger charge is 2.25. The zero-order valence-corrected chi connectivity index (χ0v) is 15.4. The normalized spacial score (nSPS) is 17.7. The number of allylic oxidation sites excluding steroid dienone is 1. The van der Waals surface area contributed by atoms with E-state index in [2.05, 4.69) is 13.0 Å². The number of aromatic nitrogens is 1. The smallest absolute Gasteiger partial charge is 0.118 e. The van der Waals surface area contributed by atoms with Gasteiger partial charge in [-0.3, -0.25) is 0 Å². The average molecular weight is 358 g/mol. The average Bonchev–Trinajstić information content (AvgIpc) is 2.66. The van der Waals surface area contributed by atoms with Crippen LogP contribution in [0.15, 0.2) is 48.5 Å². The molecular formula is C23H20NO3-. The van der Waals surface area contributed by atoms with Gasteiger partial charge in [0.1, 0.15) is 5.75 Å². The van der Waals surface area contributed by atoms with Gasteiger partial charge in [-0.15, -0.1) is 0 Å². The number of fused-ring (bicyclic) bond motifs is 2. The van der Waals surface area contributed by atoms with E-state index in [-0.39, 0.29) is 5.56 Å². The number of hydrogen-bond donors (Lipinski definition) is 0. The van der Waals surface area contributed by atoms with Gasteiger partial charge in [-0.1, -0.05) is 37.3 Å². The number of carboxylic acid groups (broad SMARTS) is 1. The lowest BCUT2D eigenvalue weighted by atomic mass is 9.80. The molecule has 1 aromatic heterocycles. The number of carbonyl (C=O) groups is 1. The third kappa shape index (κ3) is 3.19. The lowest BCUT2D eigenvalue weighted by Gasteiger charge is -2.27. The van der Waals surface area contributed by atoms with E-state index in [1.807, 2.05) is 42.5 Å². The molecule has 1 atom stereocenters.